The Labute approximate surface area is 82.0 Å². The van der Waals surface area contributed by atoms with Crippen LogP contribution in [0.2, 0.25) is 0 Å². The summed E-state index contributed by atoms with van der Waals surface area (Å²) in [5.41, 5.74) is 0.688. The van der Waals surface area contributed by atoms with Crippen molar-refractivity contribution in [3.8, 4) is 0 Å². The Balaban J connectivity index is 2.80. The second kappa shape index (κ2) is 5.04. The molecule has 0 radical (unpaired) electrons. The Bertz CT molecular complexity index is 286. The van der Waals surface area contributed by atoms with Gasteiger partial charge in [0.05, 0.1) is 6.61 Å². The summed E-state index contributed by atoms with van der Waals surface area (Å²) in [7, 11) is 0. The van der Waals surface area contributed by atoms with Gasteiger partial charge in [0.2, 0.25) is 0 Å². The second-order valence-corrected chi connectivity index (χ2v) is 4.25. The molecule has 0 aliphatic heterocycles. The fourth-order valence-corrected chi connectivity index (χ4v) is 1.86. The third-order valence-corrected chi connectivity index (χ3v) is 2.81. The van der Waals surface area contributed by atoms with Gasteiger partial charge in [-0.1, -0.05) is 25.1 Å². The molecule has 2 nitrogen and oxygen atoms in total. The molecule has 1 N–H and O–H groups in total. The van der Waals surface area contributed by atoms with Gasteiger partial charge in [-0.05, 0) is 6.07 Å². The molecule has 0 aromatic heterocycles. The molecule has 0 heterocycles. The molecular weight excluding hydrogens is 184 g/mol. The number of aliphatic hydroxyl groups is 1. The van der Waals surface area contributed by atoms with Crippen LogP contribution in [0.1, 0.15) is 17.3 Å². The molecule has 0 aliphatic rings. The molecule has 0 spiro atoms. The average molecular weight is 196 g/mol. The zero-order valence-corrected chi connectivity index (χ0v) is 8.25. The van der Waals surface area contributed by atoms with E-state index in [1.165, 1.54) is 11.8 Å². The maximum atomic E-state index is 10.6. The van der Waals surface area contributed by atoms with Crippen molar-refractivity contribution in [2.45, 2.75) is 17.1 Å². The number of carbonyl (C=O) groups is 1. The van der Waals surface area contributed by atoms with Gasteiger partial charge in [0.1, 0.15) is 0 Å². The van der Waals surface area contributed by atoms with Crippen LogP contribution in [-0.4, -0.2) is 23.2 Å². The highest BCUT2D eigenvalue weighted by molar-refractivity contribution is 8.00. The molecule has 1 rings (SSSR count). The molecule has 13 heavy (non-hydrogen) atoms. The molecule has 0 fully saturated rings. The zero-order valence-electron chi connectivity index (χ0n) is 7.43. The van der Waals surface area contributed by atoms with Crippen molar-refractivity contribution in [2.24, 2.45) is 0 Å². The number of aliphatic hydroxyl groups excluding tert-OH is 1. The summed E-state index contributed by atoms with van der Waals surface area (Å²) in [4.78, 5) is 11.6. The monoisotopic (exact) mass is 196 g/mol. The lowest BCUT2D eigenvalue weighted by Gasteiger charge is -2.08. The first kappa shape index (κ1) is 10.3. The van der Waals surface area contributed by atoms with Gasteiger partial charge in [0.15, 0.2) is 6.29 Å². The minimum absolute atomic E-state index is 0.123. The van der Waals surface area contributed by atoms with Gasteiger partial charge in [0.25, 0.3) is 0 Å². The van der Waals surface area contributed by atoms with Gasteiger partial charge in [0, 0.05) is 15.7 Å². The maximum absolute atomic E-state index is 10.6. The molecule has 1 atom stereocenters. The van der Waals surface area contributed by atoms with Crippen molar-refractivity contribution in [3.63, 3.8) is 0 Å². The van der Waals surface area contributed by atoms with Gasteiger partial charge in [-0.15, -0.1) is 11.8 Å². The van der Waals surface area contributed by atoms with Crippen LogP contribution in [0.4, 0.5) is 0 Å². The third kappa shape index (κ3) is 2.86. The molecular formula is C10H12O2S. The second-order valence-electron chi connectivity index (χ2n) is 2.77. The van der Waals surface area contributed by atoms with Gasteiger partial charge >= 0.3 is 0 Å². The van der Waals surface area contributed by atoms with E-state index in [1.54, 1.807) is 6.07 Å². The van der Waals surface area contributed by atoms with Crippen LogP contribution < -0.4 is 0 Å². The van der Waals surface area contributed by atoms with Gasteiger partial charge in [-0.25, -0.2) is 0 Å². The van der Waals surface area contributed by atoms with Crippen LogP contribution >= 0.6 is 11.8 Å². The average Bonchev–Trinajstić information content (AvgIpc) is 2.18. The topological polar surface area (TPSA) is 37.3 Å². The van der Waals surface area contributed by atoms with Crippen LogP contribution in [0.3, 0.4) is 0 Å². The fourth-order valence-electron chi connectivity index (χ4n) is 0.939. The van der Waals surface area contributed by atoms with Crippen LogP contribution in [0, 0.1) is 0 Å². The quantitative estimate of drug-likeness (QED) is 0.591. The number of hydrogen-bond acceptors (Lipinski definition) is 3. The minimum Gasteiger partial charge on any atom is -0.395 e. The van der Waals surface area contributed by atoms with Crippen LogP contribution in [0.5, 0.6) is 0 Å². The molecule has 0 saturated heterocycles. The van der Waals surface area contributed by atoms with Crippen molar-refractivity contribution in [3.05, 3.63) is 29.8 Å². The molecule has 3 heteroatoms. The Kier molecular flexibility index (Phi) is 3.99. The predicted octanol–water partition coefficient (Wildman–Crippen LogP) is 1.97. The Hall–Kier alpha value is -0.800. The first-order valence-corrected chi connectivity index (χ1v) is 4.97. The lowest BCUT2D eigenvalue weighted by atomic mass is 10.2. The van der Waals surface area contributed by atoms with E-state index in [0.29, 0.717) is 5.56 Å². The SMILES string of the molecule is CC(CO)Sc1ccccc1C=O. The normalized spacial score (nSPS) is 12.5. The van der Waals surface area contributed by atoms with Crippen molar-refractivity contribution in [2.75, 3.05) is 6.61 Å². The standard InChI is InChI=1S/C10H12O2S/c1-8(6-11)13-10-5-3-2-4-9(10)7-12/h2-5,7-8,11H,6H2,1H3. The maximum Gasteiger partial charge on any atom is 0.151 e. The van der Waals surface area contributed by atoms with E-state index in [2.05, 4.69) is 0 Å². The lowest BCUT2D eigenvalue weighted by Crippen LogP contribution is -2.02. The summed E-state index contributed by atoms with van der Waals surface area (Å²) < 4.78 is 0. The number of rotatable bonds is 4. The lowest BCUT2D eigenvalue weighted by molar-refractivity contribution is 0.112. The number of carbonyl (C=O) groups excluding carboxylic acids is 1. The van der Waals surface area contributed by atoms with Gasteiger partial charge in [-0.3, -0.25) is 4.79 Å². The first-order chi connectivity index (χ1) is 6.27. The molecule has 1 aromatic carbocycles. The van der Waals surface area contributed by atoms with Gasteiger partial charge < -0.3 is 5.11 Å². The fraction of sp³-hybridized carbons (Fsp3) is 0.300. The van der Waals surface area contributed by atoms with Crippen molar-refractivity contribution in [1.82, 2.24) is 0 Å². The number of benzene rings is 1. The summed E-state index contributed by atoms with van der Waals surface area (Å²) in [5.74, 6) is 0. The first-order valence-electron chi connectivity index (χ1n) is 4.09. The predicted molar refractivity (Wildman–Crippen MR) is 54.2 cm³/mol. The van der Waals surface area contributed by atoms with Crippen LogP contribution in [-0.2, 0) is 0 Å². The highest BCUT2D eigenvalue weighted by Gasteiger charge is 2.05. The minimum atomic E-state index is 0.123. The van der Waals surface area contributed by atoms with Crippen molar-refractivity contribution >= 4 is 18.0 Å². The summed E-state index contributed by atoms with van der Waals surface area (Å²) in [6.45, 7) is 2.05. The number of thioether (sulfide) groups is 1. The van der Waals surface area contributed by atoms with E-state index in [9.17, 15) is 4.79 Å². The van der Waals surface area contributed by atoms with E-state index >= 15 is 0 Å². The summed E-state index contributed by atoms with van der Waals surface area (Å²) in [6, 6.07) is 7.39. The van der Waals surface area contributed by atoms with E-state index in [0.717, 1.165) is 11.2 Å². The van der Waals surface area contributed by atoms with Crippen LogP contribution in [0.15, 0.2) is 29.2 Å². The Morgan fingerprint density at radius 3 is 2.85 bits per heavy atom. The van der Waals surface area contributed by atoms with Crippen molar-refractivity contribution in [1.29, 1.82) is 0 Å². The summed E-state index contributed by atoms with van der Waals surface area (Å²) in [5, 5.41) is 8.98. The van der Waals surface area contributed by atoms with E-state index < -0.39 is 0 Å². The van der Waals surface area contributed by atoms with Gasteiger partial charge in [-0.2, -0.15) is 0 Å². The zero-order chi connectivity index (χ0) is 9.68. The highest BCUT2D eigenvalue weighted by Crippen LogP contribution is 2.25. The highest BCUT2D eigenvalue weighted by atomic mass is 32.2. The Morgan fingerprint density at radius 1 is 1.54 bits per heavy atom. The number of hydrogen-bond donors (Lipinski definition) is 1. The molecule has 0 amide bonds. The third-order valence-electron chi connectivity index (χ3n) is 1.63. The smallest absolute Gasteiger partial charge is 0.151 e. The summed E-state index contributed by atoms with van der Waals surface area (Å²) in [6.07, 6.45) is 0.840. The molecule has 0 aliphatic carbocycles. The van der Waals surface area contributed by atoms with Crippen molar-refractivity contribution < 1.29 is 9.90 Å². The van der Waals surface area contributed by atoms with Crippen LogP contribution in [0.25, 0.3) is 0 Å². The van der Waals surface area contributed by atoms with E-state index in [-0.39, 0.29) is 11.9 Å². The molecule has 0 saturated carbocycles. The molecule has 70 valence electrons. The Morgan fingerprint density at radius 2 is 2.23 bits per heavy atom. The summed E-state index contributed by atoms with van der Waals surface area (Å²) >= 11 is 1.51. The number of aldehydes is 1. The largest absolute Gasteiger partial charge is 0.395 e. The molecule has 0 bridgehead atoms. The molecule has 1 aromatic rings. The van der Waals surface area contributed by atoms with E-state index in [1.807, 2.05) is 25.1 Å². The van der Waals surface area contributed by atoms with E-state index in [4.69, 9.17) is 5.11 Å². The molecule has 1 unspecified atom stereocenters.